The van der Waals surface area contributed by atoms with Crippen LogP contribution in [0.2, 0.25) is 0 Å². The van der Waals surface area contributed by atoms with Crippen LogP contribution in [0.3, 0.4) is 0 Å². The van der Waals surface area contributed by atoms with Crippen LogP contribution in [-0.2, 0) is 11.3 Å². The van der Waals surface area contributed by atoms with Crippen LogP contribution in [0.4, 0.5) is 0 Å². The number of rotatable bonds is 5. The fourth-order valence-electron chi connectivity index (χ4n) is 1.12. The average molecular weight is 197 g/mol. The number of aromatic nitrogens is 2. The molecule has 1 aromatic heterocycles. The molecule has 0 saturated carbocycles. The number of ether oxygens (including phenoxy) is 1. The van der Waals surface area contributed by atoms with E-state index in [-0.39, 0.29) is 5.60 Å². The van der Waals surface area contributed by atoms with Gasteiger partial charge in [0.2, 0.25) is 0 Å². The van der Waals surface area contributed by atoms with Crippen molar-refractivity contribution in [1.29, 1.82) is 0 Å². The predicted molar refractivity (Wildman–Crippen MR) is 56.0 cm³/mol. The fraction of sp³-hybridized carbons (Fsp3) is 0.700. The molecule has 0 saturated heterocycles. The largest absolute Gasteiger partial charge is 0.372 e. The summed E-state index contributed by atoms with van der Waals surface area (Å²) in [5.74, 6) is 1.01. The van der Waals surface area contributed by atoms with E-state index in [4.69, 9.17) is 10.5 Å². The van der Waals surface area contributed by atoms with Crippen LogP contribution in [0.25, 0.3) is 0 Å². The summed E-state index contributed by atoms with van der Waals surface area (Å²) in [5, 5.41) is 0. The third-order valence-electron chi connectivity index (χ3n) is 2.24. The Morgan fingerprint density at radius 1 is 1.57 bits per heavy atom. The third-order valence-corrected chi connectivity index (χ3v) is 2.24. The van der Waals surface area contributed by atoms with Gasteiger partial charge in [-0.05, 0) is 20.8 Å². The van der Waals surface area contributed by atoms with E-state index in [1.54, 1.807) is 6.20 Å². The summed E-state index contributed by atoms with van der Waals surface area (Å²) in [5.41, 5.74) is 5.32. The Balaban J connectivity index is 2.32. The van der Waals surface area contributed by atoms with E-state index in [0.29, 0.717) is 13.2 Å². The zero-order chi connectivity index (χ0) is 10.6. The van der Waals surface area contributed by atoms with Gasteiger partial charge in [0.25, 0.3) is 0 Å². The predicted octanol–water partition coefficient (Wildman–Crippen LogP) is 0.945. The molecule has 0 aliphatic heterocycles. The van der Waals surface area contributed by atoms with Crippen LogP contribution in [-0.4, -0.2) is 28.3 Å². The smallest absolute Gasteiger partial charge is 0.105 e. The first-order valence-corrected chi connectivity index (χ1v) is 4.87. The second-order valence-electron chi connectivity index (χ2n) is 3.98. The summed E-state index contributed by atoms with van der Waals surface area (Å²) in [6.45, 7) is 8.00. The van der Waals surface area contributed by atoms with Gasteiger partial charge in [-0.25, -0.2) is 4.98 Å². The number of hydrogen-bond acceptors (Lipinski definition) is 3. The Bertz CT molecular complexity index is 281. The molecule has 4 nitrogen and oxygen atoms in total. The molecule has 14 heavy (non-hydrogen) atoms. The van der Waals surface area contributed by atoms with Crippen molar-refractivity contribution in [1.82, 2.24) is 9.55 Å². The number of aryl methyl sites for hydroxylation is 1. The zero-order valence-electron chi connectivity index (χ0n) is 9.16. The molecular formula is C10H19N3O. The Morgan fingerprint density at radius 2 is 2.29 bits per heavy atom. The molecule has 2 N–H and O–H groups in total. The summed E-state index contributed by atoms with van der Waals surface area (Å²) in [6.07, 6.45) is 3.75. The van der Waals surface area contributed by atoms with Gasteiger partial charge in [-0.1, -0.05) is 0 Å². The molecule has 0 radical (unpaired) electrons. The summed E-state index contributed by atoms with van der Waals surface area (Å²) in [7, 11) is 0. The molecule has 0 amide bonds. The molecule has 0 aliphatic carbocycles. The van der Waals surface area contributed by atoms with Crippen molar-refractivity contribution in [2.45, 2.75) is 32.9 Å². The Labute approximate surface area is 85.1 Å². The summed E-state index contributed by atoms with van der Waals surface area (Å²) in [4.78, 5) is 4.13. The van der Waals surface area contributed by atoms with E-state index in [1.165, 1.54) is 0 Å². The highest BCUT2D eigenvalue weighted by Crippen LogP contribution is 2.06. The van der Waals surface area contributed by atoms with Crippen LogP contribution in [0.5, 0.6) is 0 Å². The van der Waals surface area contributed by atoms with Crippen molar-refractivity contribution in [2.75, 3.05) is 13.2 Å². The molecule has 4 heteroatoms. The van der Waals surface area contributed by atoms with E-state index in [1.807, 2.05) is 27.0 Å². The van der Waals surface area contributed by atoms with Gasteiger partial charge in [0.15, 0.2) is 0 Å². The fourth-order valence-corrected chi connectivity index (χ4v) is 1.12. The first-order valence-electron chi connectivity index (χ1n) is 4.87. The first kappa shape index (κ1) is 11.2. The zero-order valence-corrected chi connectivity index (χ0v) is 9.16. The van der Waals surface area contributed by atoms with Gasteiger partial charge in [0.05, 0.1) is 12.2 Å². The highest BCUT2D eigenvalue weighted by Gasteiger charge is 2.15. The Kier molecular flexibility index (Phi) is 3.66. The minimum atomic E-state index is -0.228. The summed E-state index contributed by atoms with van der Waals surface area (Å²) >= 11 is 0. The topological polar surface area (TPSA) is 53.1 Å². The standard InChI is InChI=1S/C10H19N3O/c1-9-12-4-5-13(9)6-7-14-10(2,3)8-11/h4-5H,6-8,11H2,1-3H3. The van der Waals surface area contributed by atoms with Crippen LogP contribution >= 0.6 is 0 Å². The van der Waals surface area contributed by atoms with Crippen molar-refractivity contribution >= 4 is 0 Å². The highest BCUT2D eigenvalue weighted by atomic mass is 16.5. The number of imidazole rings is 1. The molecule has 1 rings (SSSR count). The SMILES string of the molecule is Cc1nccn1CCOC(C)(C)CN. The molecule has 0 bridgehead atoms. The van der Waals surface area contributed by atoms with Crippen molar-refractivity contribution in [2.24, 2.45) is 5.73 Å². The lowest BCUT2D eigenvalue weighted by molar-refractivity contribution is -0.0143. The van der Waals surface area contributed by atoms with Gasteiger partial charge in [-0.3, -0.25) is 0 Å². The van der Waals surface area contributed by atoms with Crippen molar-refractivity contribution in [3.8, 4) is 0 Å². The van der Waals surface area contributed by atoms with Gasteiger partial charge in [0.1, 0.15) is 5.82 Å². The molecule has 0 unspecified atom stereocenters. The van der Waals surface area contributed by atoms with Gasteiger partial charge in [-0.2, -0.15) is 0 Å². The maximum absolute atomic E-state index is 5.63. The molecule has 1 aromatic rings. The Morgan fingerprint density at radius 3 is 2.79 bits per heavy atom. The minimum absolute atomic E-state index is 0.228. The van der Waals surface area contributed by atoms with Crippen LogP contribution in [0.1, 0.15) is 19.7 Å². The van der Waals surface area contributed by atoms with Crippen LogP contribution < -0.4 is 5.73 Å². The molecule has 0 spiro atoms. The number of nitrogens with zero attached hydrogens (tertiary/aromatic N) is 2. The second-order valence-corrected chi connectivity index (χ2v) is 3.98. The molecule has 0 atom stereocenters. The van der Waals surface area contributed by atoms with E-state index >= 15 is 0 Å². The number of nitrogens with two attached hydrogens (primary N) is 1. The highest BCUT2D eigenvalue weighted by molar-refractivity contribution is 4.88. The molecule has 1 heterocycles. The minimum Gasteiger partial charge on any atom is -0.372 e. The van der Waals surface area contributed by atoms with Crippen molar-refractivity contribution < 1.29 is 4.74 Å². The molecule has 0 fully saturated rings. The van der Waals surface area contributed by atoms with Crippen molar-refractivity contribution in [3.63, 3.8) is 0 Å². The third kappa shape index (κ3) is 3.12. The quantitative estimate of drug-likeness (QED) is 0.764. The lowest BCUT2D eigenvalue weighted by Gasteiger charge is -2.23. The van der Waals surface area contributed by atoms with Crippen LogP contribution in [0.15, 0.2) is 12.4 Å². The lowest BCUT2D eigenvalue weighted by atomic mass is 10.1. The van der Waals surface area contributed by atoms with Gasteiger partial charge in [-0.15, -0.1) is 0 Å². The van der Waals surface area contributed by atoms with E-state index in [9.17, 15) is 0 Å². The first-order chi connectivity index (χ1) is 6.55. The maximum Gasteiger partial charge on any atom is 0.105 e. The average Bonchev–Trinajstić information content (AvgIpc) is 2.52. The summed E-state index contributed by atoms with van der Waals surface area (Å²) in [6, 6.07) is 0. The molecule has 0 aromatic carbocycles. The Hall–Kier alpha value is -0.870. The van der Waals surface area contributed by atoms with E-state index in [2.05, 4.69) is 9.55 Å². The van der Waals surface area contributed by atoms with Gasteiger partial charge >= 0.3 is 0 Å². The second kappa shape index (κ2) is 4.57. The maximum atomic E-state index is 5.63. The normalized spacial score (nSPS) is 12.0. The summed E-state index contributed by atoms with van der Waals surface area (Å²) < 4.78 is 7.70. The van der Waals surface area contributed by atoms with Gasteiger partial charge in [0, 0.05) is 25.5 Å². The van der Waals surface area contributed by atoms with E-state index in [0.717, 1.165) is 12.4 Å². The molecule has 80 valence electrons. The van der Waals surface area contributed by atoms with Crippen molar-refractivity contribution in [3.05, 3.63) is 18.2 Å². The number of hydrogen-bond donors (Lipinski definition) is 1. The molecule has 0 aliphatic rings. The molecular weight excluding hydrogens is 178 g/mol. The van der Waals surface area contributed by atoms with E-state index < -0.39 is 0 Å². The van der Waals surface area contributed by atoms with Gasteiger partial charge < -0.3 is 15.0 Å². The lowest BCUT2D eigenvalue weighted by Crippen LogP contribution is -2.35. The monoisotopic (exact) mass is 197 g/mol. The van der Waals surface area contributed by atoms with Crippen LogP contribution in [0, 0.1) is 6.92 Å².